The molecule has 1 aromatic rings. The van der Waals surface area contributed by atoms with Crippen LogP contribution in [0.2, 0.25) is 5.02 Å². The molecule has 0 amide bonds. The summed E-state index contributed by atoms with van der Waals surface area (Å²) in [6.07, 6.45) is 0.450. The van der Waals surface area contributed by atoms with Crippen LogP contribution < -0.4 is 0 Å². The zero-order chi connectivity index (χ0) is 10.7. The number of hydrogen-bond acceptors (Lipinski definition) is 1. The summed E-state index contributed by atoms with van der Waals surface area (Å²) >= 11 is 10.9. The Balaban J connectivity index is 2.88. The fourth-order valence-corrected chi connectivity index (χ4v) is 1.38. The van der Waals surface area contributed by atoms with E-state index in [0.29, 0.717) is 22.6 Å². The van der Waals surface area contributed by atoms with Gasteiger partial charge in [0.2, 0.25) is 5.24 Å². The summed E-state index contributed by atoms with van der Waals surface area (Å²) in [5.41, 5.74) is 0.882. The van der Waals surface area contributed by atoms with Gasteiger partial charge in [-0.25, -0.2) is 4.39 Å². The normalized spacial score (nSPS) is 10.3. The largest absolute Gasteiger partial charge is 0.281 e. The zero-order valence-corrected chi connectivity index (χ0v) is 9.12. The Bertz CT molecular complexity index is 363. The summed E-state index contributed by atoms with van der Waals surface area (Å²) in [6.45, 7) is 1.60. The summed E-state index contributed by atoms with van der Waals surface area (Å²) in [5, 5.41) is -0.0690. The van der Waals surface area contributed by atoms with E-state index in [1.807, 2.05) is 0 Å². The number of rotatable bonds is 3. The van der Waals surface area contributed by atoms with E-state index >= 15 is 0 Å². The summed E-state index contributed by atoms with van der Waals surface area (Å²) in [4.78, 5) is 10.5. The molecule has 0 fully saturated rings. The lowest BCUT2D eigenvalue weighted by Crippen LogP contribution is -1.97. The van der Waals surface area contributed by atoms with Crippen molar-refractivity contribution in [2.45, 2.75) is 19.8 Å². The molecule has 0 heterocycles. The molecule has 1 rings (SSSR count). The monoisotopic (exact) mass is 234 g/mol. The number of aryl methyl sites for hydroxylation is 1. The highest BCUT2D eigenvalue weighted by Crippen LogP contribution is 2.22. The van der Waals surface area contributed by atoms with E-state index in [1.165, 1.54) is 0 Å². The van der Waals surface area contributed by atoms with Crippen molar-refractivity contribution in [2.24, 2.45) is 0 Å². The predicted molar refractivity (Wildman–Crippen MR) is 55.3 cm³/mol. The van der Waals surface area contributed by atoms with Crippen LogP contribution in [0, 0.1) is 12.7 Å². The van der Waals surface area contributed by atoms with Gasteiger partial charge in [0.15, 0.2) is 0 Å². The second-order valence-electron chi connectivity index (χ2n) is 3.00. The molecule has 0 aromatic heterocycles. The van der Waals surface area contributed by atoms with Gasteiger partial charge in [0.25, 0.3) is 0 Å². The molecule has 14 heavy (non-hydrogen) atoms. The van der Waals surface area contributed by atoms with Crippen LogP contribution in [0.3, 0.4) is 0 Å². The topological polar surface area (TPSA) is 17.1 Å². The molecule has 0 bridgehead atoms. The molecule has 4 heteroatoms. The number of benzene rings is 1. The Hall–Kier alpha value is -0.600. The van der Waals surface area contributed by atoms with Gasteiger partial charge in [-0.15, -0.1) is 0 Å². The van der Waals surface area contributed by atoms with Crippen LogP contribution in [0.5, 0.6) is 0 Å². The highest BCUT2D eigenvalue weighted by molar-refractivity contribution is 6.63. The molecule has 0 atom stereocenters. The summed E-state index contributed by atoms with van der Waals surface area (Å²) in [7, 11) is 0. The lowest BCUT2D eigenvalue weighted by atomic mass is 10.1. The first kappa shape index (κ1) is 11.5. The molecule has 1 nitrogen and oxygen atoms in total. The van der Waals surface area contributed by atoms with Crippen LogP contribution in [-0.2, 0) is 11.2 Å². The Morgan fingerprint density at radius 1 is 1.50 bits per heavy atom. The quantitative estimate of drug-likeness (QED) is 0.733. The van der Waals surface area contributed by atoms with Crippen molar-refractivity contribution in [3.05, 3.63) is 34.1 Å². The van der Waals surface area contributed by atoms with Crippen molar-refractivity contribution in [1.29, 1.82) is 0 Å². The van der Waals surface area contributed by atoms with Crippen LogP contribution in [0.15, 0.2) is 12.1 Å². The first-order valence-corrected chi connectivity index (χ1v) is 4.89. The van der Waals surface area contributed by atoms with Crippen molar-refractivity contribution < 1.29 is 9.18 Å². The first-order valence-electron chi connectivity index (χ1n) is 4.14. The minimum Gasteiger partial charge on any atom is -0.281 e. The first-order chi connectivity index (χ1) is 6.52. The lowest BCUT2D eigenvalue weighted by molar-refractivity contribution is -0.111. The van der Waals surface area contributed by atoms with Gasteiger partial charge in [0, 0.05) is 17.0 Å². The molecular weight excluding hydrogens is 226 g/mol. The SMILES string of the molecule is Cc1c(Cl)ccc(CCC(=O)Cl)c1F. The fraction of sp³-hybridized carbons (Fsp3) is 0.300. The Morgan fingerprint density at radius 3 is 2.71 bits per heavy atom. The molecule has 0 saturated heterocycles. The van der Waals surface area contributed by atoms with Crippen molar-refractivity contribution in [3.63, 3.8) is 0 Å². The molecule has 0 aliphatic heterocycles. The Morgan fingerprint density at radius 2 is 2.14 bits per heavy atom. The maximum absolute atomic E-state index is 13.5. The van der Waals surface area contributed by atoms with E-state index in [-0.39, 0.29) is 12.2 Å². The van der Waals surface area contributed by atoms with Crippen molar-refractivity contribution in [1.82, 2.24) is 0 Å². The number of halogens is 3. The molecule has 0 saturated carbocycles. The van der Waals surface area contributed by atoms with Crippen LogP contribution in [0.4, 0.5) is 4.39 Å². The highest BCUT2D eigenvalue weighted by Gasteiger charge is 2.09. The average Bonchev–Trinajstić information content (AvgIpc) is 2.13. The van der Waals surface area contributed by atoms with Crippen LogP contribution in [-0.4, -0.2) is 5.24 Å². The fourth-order valence-electron chi connectivity index (χ4n) is 1.14. The minimum atomic E-state index is -0.461. The highest BCUT2D eigenvalue weighted by atomic mass is 35.5. The third-order valence-corrected chi connectivity index (χ3v) is 2.59. The van der Waals surface area contributed by atoms with Gasteiger partial charge in [-0.1, -0.05) is 17.7 Å². The van der Waals surface area contributed by atoms with Crippen LogP contribution in [0.25, 0.3) is 0 Å². The van der Waals surface area contributed by atoms with Gasteiger partial charge in [0.05, 0.1) is 0 Å². The van der Waals surface area contributed by atoms with Crippen molar-refractivity contribution >= 4 is 28.4 Å². The molecule has 1 aromatic carbocycles. The molecule has 0 N–H and O–H groups in total. The standard InChI is InChI=1S/C10H9Cl2FO/c1-6-8(11)4-2-7(10(6)13)3-5-9(12)14/h2,4H,3,5H2,1H3. The summed E-state index contributed by atoms with van der Waals surface area (Å²) in [5.74, 6) is -0.351. The molecule has 0 spiro atoms. The number of carbonyl (C=O) groups is 1. The van der Waals surface area contributed by atoms with E-state index in [1.54, 1.807) is 19.1 Å². The predicted octanol–water partition coefficient (Wildman–Crippen LogP) is 3.49. The Labute approximate surface area is 91.8 Å². The van der Waals surface area contributed by atoms with Gasteiger partial charge < -0.3 is 0 Å². The van der Waals surface area contributed by atoms with Gasteiger partial charge in [0.1, 0.15) is 5.82 Å². The lowest BCUT2D eigenvalue weighted by Gasteiger charge is -2.05. The van der Waals surface area contributed by atoms with Gasteiger partial charge in [-0.3, -0.25) is 4.79 Å². The van der Waals surface area contributed by atoms with Crippen LogP contribution in [0.1, 0.15) is 17.5 Å². The van der Waals surface area contributed by atoms with Gasteiger partial charge >= 0.3 is 0 Å². The maximum Gasteiger partial charge on any atom is 0.221 e. The van der Waals surface area contributed by atoms with Gasteiger partial charge in [-0.05, 0) is 36.6 Å². The van der Waals surface area contributed by atoms with Gasteiger partial charge in [-0.2, -0.15) is 0 Å². The van der Waals surface area contributed by atoms with E-state index < -0.39 is 5.24 Å². The van der Waals surface area contributed by atoms with Crippen molar-refractivity contribution in [2.75, 3.05) is 0 Å². The van der Waals surface area contributed by atoms with E-state index in [9.17, 15) is 9.18 Å². The molecule has 0 aliphatic rings. The molecule has 0 aliphatic carbocycles. The second kappa shape index (κ2) is 4.76. The molecule has 76 valence electrons. The number of carbonyl (C=O) groups excluding carboxylic acids is 1. The summed E-state index contributed by atoms with van der Waals surface area (Å²) < 4.78 is 13.5. The third kappa shape index (κ3) is 2.69. The number of hydrogen-bond donors (Lipinski definition) is 0. The van der Waals surface area contributed by atoms with E-state index in [2.05, 4.69) is 0 Å². The maximum atomic E-state index is 13.5. The van der Waals surface area contributed by atoms with E-state index in [4.69, 9.17) is 23.2 Å². The third-order valence-electron chi connectivity index (χ3n) is 1.99. The van der Waals surface area contributed by atoms with Crippen LogP contribution >= 0.6 is 23.2 Å². The summed E-state index contributed by atoms with van der Waals surface area (Å²) in [6, 6.07) is 3.19. The average molecular weight is 235 g/mol. The second-order valence-corrected chi connectivity index (χ2v) is 3.83. The molecular formula is C10H9Cl2FO. The molecule has 0 unspecified atom stereocenters. The zero-order valence-electron chi connectivity index (χ0n) is 7.61. The minimum absolute atomic E-state index is 0.138. The Kier molecular flexibility index (Phi) is 3.90. The molecule has 0 radical (unpaired) electrons. The van der Waals surface area contributed by atoms with Crippen molar-refractivity contribution in [3.8, 4) is 0 Å². The smallest absolute Gasteiger partial charge is 0.221 e. The van der Waals surface area contributed by atoms with E-state index in [0.717, 1.165) is 0 Å².